The zero-order valence-corrected chi connectivity index (χ0v) is 20.8. The maximum absolute atomic E-state index is 13.1. The van der Waals surface area contributed by atoms with Crippen LogP contribution in [0.4, 0.5) is 0 Å². The molecule has 0 aliphatic rings. The molecular weight excluding hydrogens is 464 g/mol. The number of hydrogen-bond donors (Lipinski definition) is 1. The van der Waals surface area contributed by atoms with Gasteiger partial charge in [-0.3, -0.25) is 13.9 Å². The van der Waals surface area contributed by atoms with E-state index in [0.717, 1.165) is 43.4 Å². The van der Waals surface area contributed by atoms with E-state index in [1.807, 2.05) is 42.5 Å². The number of halogens is 1. The first kappa shape index (κ1) is 24.8. The number of imidazole rings is 1. The Morgan fingerprint density at radius 2 is 1.60 bits per heavy atom. The van der Waals surface area contributed by atoms with E-state index in [-0.39, 0.29) is 22.0 Å². The third-order valence-electron chi connectivity index (χ3n) is 6.09. The molecule has 0 atom stereocenters. The smallest absolute Gasteiger partial charge is 0.332 e. The molecule has 2 aromatic carbocycles. The maximum atomic E-state index is 13.1. The maximum Gasteiger partial charge on any atom is 0.332 e. The number of aryl methyl sites for hydroxylation is 2. The van der Waals surface area contributed by atoms with Gasteiger partial charge in [-0.05, 0) is 60.5 Å². The number of unbranched alkanes of at least 4 members (excludes halogenated alkanes) is 3. The molecule has 0 spiro atoms. The fraction of sp³-hybridized carbons (Fsp3) is 0.370. The largest absolute Gasteiger partial charge is 0.489 e. The van der Waals surface area contributed by atoms with Gasteiger partial charge in [0.25, 0.3) is 5.56 Å². The van der Waals surface area contributed by atoms with Crippen LogP contribution in [0.5, 0.6) is 5.75 Å². The first-order valence-corrected chi connectivity index (χ1v) is 12.6. The molecular formula is C27H31ClN4O3. The molecule has 4 rings (SSSR count). The monoisotopic (exact) mass is 494 g/mol. The SMILES string of the molecule is CCCCCn1c(=O)n(CCCCc2ccc(OCc3ccccc3)cc2)c(=O)c2[nH]c(Cl)nc21. The number of aromatic nitrogens is 4. The van der Waals surface area contributed by atoms with Gasteiger partial charge in [0.05, 0.1) is 0 Å². The van der Waals surface area contributed by atoms with Gasteiger partial charge < -0.3 is 9.72 Å². The standard InChI is InChI=1S/C27H31ClN4O3/c1-2-3-8-17-31-24-23(29-26(28)30-24)25(33)32(27(31)34)18-9-7-10-20-13-15-22(16-14-20)35-19-21-11-5-4-6-12-21/h4-6,11-16H,2-3,7-10,17-19H2,1H3,(H,29,30). The second-order valence-electron chi connectivity index (χ2n) is 8.70. The van der Waals surface area contributed by atoms with Crippen LogP contribution in [0, 0.1) is 0 Å². The van der Waals surface area contributed by atoms with Crippen LogP contribution < -0.4 is 16.0 Å². The molecule has 7 nitrogen and oxygen atoms in total. The molecule has 2 heterocycles. The highest BCUT2D eigenvalue weighted by molar-refractivity contribution is 6.28. The molecule has 0 unspecified atom stereocenters. The van der Waals surface area contributed by atoms with Crippen LogP contribution in [0.3, 0.4) is 0 Å². The number of rotatable bonds is 12. The fourth-order valence-electron chi connectivity index (χ4n) is 4.15. The number of hydrogen-bond acceptors (Lipinski definition) is 4. The molecule has 0 fully saturated rings. The lowest BCUT2D eigenvalue weighted by molar-refractivity contribution is 0.306. The molecule has 0 radical (unpaired) electrons. The van der Waals surface area contributed by atoms with Gasteiger partial charge in [0.2, 0.25) is 5.28 Å². The summed E-state index contributed by atoms with van der Waals surface area (Å²) >= 11 is 6.01. The summed E-state index contributed by atoms with van der Waals surface area (Å²) in [5.41, 5.74) is 2.27. The van der Waals surface area contributed by atoms with Gasteiger partial charge in [0, 0.05) is 13.1 Å². The average molecular weight is 495 g/mol. The van der Waals surface area contributed by atoms with Gasteiger partial charge in [-0.15, -0.1) is 0 Å². The van der Waals surface area contributed by atoms with Crippen molar-refractivity contribution < 1.29 is 4.74 Å². The Bertz CT molecular complexity index is 1360. The first-order valence-electron chi connectivity index (χ1n) is 12.2. The summed E-state index contributed by atoms with van der Waals surface area (Å²) < 4.78 is 8.73. The number of aromatic amines is 1. The Labute approximate surface area is 209 Å². The Hall–Kier alpha value is -3.32. The van der Waals surface area contributed by atoms with Gasteiger partial charge >= 0.3 is 5.69 Å². The van der Waals surface area contributed by atoms with E-state index in [9.17, 15) is 9.59 Å². The van der Waals surface area contributed by atoms with Crippen LogP contribution in [0.1, 0.15) is 50.2 Å². The predicted molar refractivity (Wildman–Crippen MR) is 139 cm³/mol. The van der Waals surface area contributed by atoms with Gasteiger partial charge in [-0.1, -0.05) is 62.2 Å². The minimum Gasteiger partial charge on any atom is -0.489 e. The van der Waals surface area contributed by atoms with E-state index in [1.54, 1.807) is 4.57 Å². The van der Waals surface area contributed by atoms with E-state index < -0.39 is 0 Å². The molecule has 4 aromatic rings. The number of fused-ring (bicyclic) bond motifs is 1. The van der Waals surface area contributed by atoms with E-state index in [4.69, 9.17) is 16.3 Å². The molecule has 0 saturated heterocycles. The van der Waals surface area contributed by atoms with Crippen molar-refractivity contribution in [3.63, 3.8) is 0 Å². The zero-order valence-electron chi connectivity index (χ0n) is 20.0. The Kier molecular flexibility index (Phi) is 8.42. The van der Waals surface area contributed by atoms with Crippen molar-refractivity contribution in [1.29, 1.82) is 0 Å². The van der Waals surface area contributed by atoms with E-state index in [2.05, 4.69) is 29.0 Å². The van der Waals surface area contributed by atoms with Crippen molar-refractivity contribution in [1.82, 2.24) is 19.1 Å². The van der Waals surface area contributed by atoms with Crippen molar-refractivity contribution in [3.05, 3.63) is 91.8 Å². The predicted octanol–water partition coefficient (Wildman–Crippen LogP) is 5.33. The summed E-state index contributed by atoms with van der Waals surface area (Å²) in [7, 11) is 0. The van der Waals surface area contributed by atoms with Crippen LogP contribution in [0.15, 0.2) is 64.2 Å². The van der Waals surface area contributed by atoms with Crippen molar-refractivity contribution in [2.45, 2.75) is 65.1 Å². The number of H-pyrrole nitrogens is 1. The summed E-state index contributed by atoms with van der Waals surface area (Å²) in [5.74, 6) is 0.833. The lowest BCUT2D eigenvalue weighted by Crippen LogP contribution is -2.40. The molecule has 0 aliphatic carbocycles. The summed E-state index contributed by atoms with van der Waals surface area (Å²) in [6, 6.07) is 18.2. The number of nitrogens with zero attached hydrogens (tertiary/aromatic N) is 3. The minimum absolute atomic E-state index is 0.120. The highest BCUT2D eigenvalue weighted by atomic mass is 35.5. The Morgan fingerprint density at radius 3 is 2.34 bits per heavy atom. The molecule has 0 aliphatic heterocycles. The first-order chi connectivity index (χ1) is 17.1. The molecule has 2 aromatic heterocycles. The Morgan fingerprint density at radius 1 is 0.886 bits per heavy atom. The highest BCUT2D eigenvalue weighted by Crippen LogP contribution is 2.16. The van der Waals surface area contributed by atoms with Gasteiger partial charge in [-0.25, -0.2) is 4.79 Å². The molecule has 8 heteroatoms. The molecule has 0 bridgehead atoms. The van der Waals surface area contributed by atoms with E-state index in [1.165, 1.54) is 10.1 Å². The fourth-order valence-corrected chi connectivity index (χ4v) is 4.32. The molecule has 35 heavy (non-hydrogen) atoms. The third-order valence-corrected chi connectivity index (χ3v) is 6.27. The lowest BCUT2D eigenvalue weighted by atomic mass is 10.1. The van der Waals surface area contributed by atoms with Gasteiger partial charge in [-0.2, -0.15) is 4.98 Å². The van der Waals surface area contributed by atoms with Crippen LogP contribution in [0.25, 0.3) is 11.2 Å². The topological polar surface area (TPSA) is 81.9 Å². The quantitative estimate of drug-likeness (QED) is 0.213. The van der Waals surface area contributed by atoms with Crippen LogP contribution in [0.2, 0.25) is 5.28 Å². The third kappa shape index (κ3) is 6.22. The summed E-state index contributed by atoms with van der Waals surface area (Å²) in [4.78, 5) is 33.0. The van der Waals surface area contributed by atoms with E-state index in [0.29, 0.717) is 31.8 Å². The van der Waals surface area contributed by atoms with Crippen LogP contribution >= 0.6 is 11.6 Å². The molecule has 0 amide bonds. The minimum atomic E-state index is -0.365. The number of benzene rings is 2. The normalized spacial score (nSPS) is 11.3. The van der Waals surface area contributed by atoms with Crippen molar-refractivity contribution in [2.75, 3.05) is 0 Å². The van der Waals surface area contributed by atoms with Gasteiger partial charge in [0.15, 0.2) is 11.2 Å². The summed E-state index contributed by atoms with van der Waals surface area (Å²) in [6.45, 7) is 3.52. The summed E-state index contributed by atoms with van der Waals surface area (Å²) in [5, 5.41) is 0.120. The molecule has 0 saturated carbocycles. The highest BCUT2D eigenvalue weighted by Gasteiger charge is 2.16. The summed E-state index contributed by atoms with van der Waals surface area (Å²) in [6.07, 6.45) is 5.31. The number of nitrogens with one attached hydrogen (secondary N) is 1. The van der Waals surface area contributed by atoms with Crippen molar-refractivity contribution >= 4 is 22.8 Å². The number of ether oxygens (including phenoxy) is 1. The molecule has 184 valence electrons. The van der Waals surface area contributed by atoms with Crippen molar-refractivity contribution in [2.24, 2.45) is 0 Å². The lowest BCUT2D eigenvalue weighted by Gasteiger charge is -2.11. The average Bonchev–Trinajstić information content (AvgIpc) is 3.27. The van der Waals surface area contributed by atoms with E-state index >= 15 is 0 Å². The molecule has 1 N–H and O–H groups in total. The zero-order chi connectivity index (χ0) is 24.6. The van der Waals surface area contributed by atoms with Crippen LogP contribution in [-0.2, 0) is 26.1 Å². The second-order valence-corrected chi connectivity index (χ2v) is 9.06. The van der Waals surface area contributed by atoms with Crippen molar-refractivity contribution in [3.8, 4) is 5.75 Å². The van der Waals surface area contributed by atoms with Gasteiger partial charge in [0.1, 0.15) is 12.4 Å². The second kappa shape index (κ2) is 11.9. The van der Waals surface area contributed by atoms with Crippen LogP contribution in [-0.4, -0.2) is 19.1 Å². The Balaban J connectivity index is 1.35.